The van der Waals surface area contributed by atoms with E-state index in [0.29, 0.717) is 17.3 Å². The summed E-state index contributed by atoms with van der Waals surface area (Å²) in [4.78, 5) is 11.8. The number of carbonyl (C=O) groups is 1. The molecule has 5 heteroatoms. The van der Waals surface area contributed by atoms with E-state index in [1.807, 2.05) is 36.5 Å². The van der Waals surface area contributed by atoms with Gasteiger partial charge < -0.3 is 15.1 Å². The van der Waals surface area contributed by atoms with E-state index in [-0.39, 0.29) is 11.9 Å². The summed E-state index contributed by atoms with van der Waals surface area (Å²) in [5, 5.41) is 5.22. The molecule has 1 aromatic carbocycles. The van der Waals surface area contributed by atoms with Crippen molar-refractivity contribution < 1.29 is 14.5 Å². The largest absolute Gasteiger partial charge is 0.463 e. The predicted octanol–water partition coefficient (Wildman–Crippen LogP) is 2.20. The molecule has 4 nitrogen and oxygen atoms in total. The molecule has 3 N–H and O–H groups in total. The topological polar surface area (TPSA) is 58.9 Å². The van der Waals surface area contributed by atoms with Crippen molar-refractivity contribution >= 4 is 23.2 Å². The van der Waals surface area contributed by atoms with Crippen LogP contribution in [-0.4, -0.2) is 12.5 Å². The van der Waals surface area contributed by atoms with Gasteiger partial charge in [-0.05, 0) is 31.2 Å². The van der Waals surface area contributed by atoms with Gasteiger partial charge >= 0.3 is 0 Å². The van der Waals surface area contributed by atoms with Crippen LogP contribution in [0, 0.1) is 0 Å². The van der Waals surface area contributed by atoms with Gasteiger partial charge in [-0.2, -0.15) is 0 Å². The van der Waals surface area contributed by atoms with E-state index in [4.69, 9.17) is 16.0 Å². The minimum Gasteiger partial charge on any atom is -0.463 e. The maximum absolute atomic E-state index is 11.8. The highest BCUT2D eigenvalue weighted by Crippen LogP contribution is 2.19. The summed E-state index contributed by atoms with van der Waals surface area (Å²) in [6, 6.07) is 11.0. The normalized spacial score (nSPS) is 12.1. The number of rotatable bonds is 5. The van der Waals surface area contributed by atoms with Crippen LogP contribution in [-0.2, 0) is 4.79 Å². The second-order valence-corrected chi connectivity index (χ2v) is 4.68. The molecule has 0 radical (unpaired) electrons. The maximum atomic E-state index is 11.8. The molecule has 19 heavy (non-hydrogen) atoms. The first-order valence-corrected chi connectivity index (χ1v) is 6.45. The zero-order chi connectivity index (χ0) is 13.7. The van der Waals surface area contributed by atoms with Crippen LogP contribution < -0.4 is 10.6 Å². The lowest BCUT2D eigenvalue weighted by Gasteiger charge is -2.09. The average molecular weight is 280 g/mol. The summed E-state index contributed by atoms with van der Waals surface area (Å²) in [5.74, 6) is 0.761. The zero-order valence-corrected chi connectivity index (χ0v) is 11.4. The molecule has 0 unspecified atom stereocenters. The van der Waals surface area contributed by atoms with Crippen LogP contribution in [0.4, 0.5) is 5.69 Å². The van der Waals surface area contributed by atoms with Crippen LogP contribution in [0.3, 0.4) is 0 Å². The summed E-state index contributed by atoms with van der Waals surface area (Å²) < 4.78 is 5.28. The van der Waals surface area contributed by atoms with Crippen molar-refractivity contribution in [3.05, 3.63) is 53.4 Å². The lowest BCUT2D eigenvalue weighted by atomic mass is 10.2. The van der Waals surface area contributed by atoms with E-state index < -0.39 is 0 Å². The number of halogens is 1. The fourth-order valence-electron chi connectivity index (χ4n) is 1.71. The standard InChI is InChI=1S/C14H15ClN2O2/c1-10(13-7-4-8-19-13)16-9-14(18)17-12-6-3-2-5-11(12)15/h2-8,10,16H,9H2,1H3,(H,17,18)/p+1/t10-/m0/s1. The highest BCUT2D eigenvalue weighted by Gasteiger charge is 2.14. The van der Waals surface area contributed by atoms with Gasteiger partial charge in [0.05, 0.1) is 17.0 Å². The van der Waals surface area contributed by atoms with Crippen molar-refractivity contribution in [3.63, 3.8) is 0 Å². The fraction of sp³-hybridized carbons (Fsp3) is 0.214. The molecule has 1 atom stereocenters. The molecule has 0 spiro atoms. The van der Waals surface area contributed by atoms with Crippen molar-refractivity contribution in [2.45, 2.75) is 13.0 Å². The van der Waals surface area contributed by atoms with Crippen molar-refractivity contribution in [2.24, 2.45) is 0 Å². The number of nitrogens with two attached hydrogens (primary N) is 1. The van der Waals surface area contributed by atoms with Crippen LogP contribution in [0.1, 0.15) is 18.7 Å². The lowest BCUT2D eigenvalue weighted by Crippen LogP contribution is -2.86. The first-order valence-electron chi connectivity index (χ1n) is 6.08. The van der Waals surface area contributed by atoms with Gasteiger partial charge in [0.15, 0.2) is 12.3 Å². The maximum Gasteiger partial charge on any atom is 0.279 e. The van der Waals surface area contributed by atoms with Gasteiger partial charge in [-0.15, -0.1) is 0 Å². The van der Waals surface area contributed by atoms with Crippen molar-refractivity contribution in [2.75, 3.05) is 11.9 Å². The second kappa shape index (κ2) is 6.41. The molecule has 1 aromatic heterocycles. The molecule has 1 amide bonds. The minimum atomic E-state index is -0.0912. The Labute approximate surface area is 116 Å². The smallest absolute Gasteiger partial charge is 0.279 e. The Bertz CT molecular complexity index is 540. The number of quaternary nitrogens is 1. The van der Waals surface area contributed by atoms with Gasteiger partial charge in [0, 0.05) is 0 Å². The summed E-state index contributed by atoms with van der Waals surface area (Å²) in [6.07, 6.45) is 1.63. The van der Waals surface area contributed by atoms with Gasteiger partial charge in [0.1, 0.15) is 6.04 Å². The molecule has 2 rings (SSSR count). The number of amides is 1. The molecular weight excluding hydrogens is 264 g/mol. The minimum absolute atomic E-state index is 0.0912. The quantitative estimate of drug-likeness (QED) is 0.881. The van der Waals surface area contributed by atoms with Gasteiger partial charge in [0.25, 0.3) is 5.91 Å². The molecular formula is C14H16ClN2O2+. The number of para-hydroxylation sites is 1. The number of benzene rings is 1. The molecule has 0 aliphatic rings. The van der Waals surface area contributed by atoms with E-state index >= 15 is 0 Å². The lowest BCUT2D eigenvalue weighted by molar-refractivity contribution is -0.684. The number of carbonyl (C=O) groups excluding carboxylic acids is 1. The van der Waals surface area contributed by atoms with E-state index in [2.05, 4.69) is 5.32 Å². The predicted molar refractivity (Wildman–Crippen MR) is 74.0 cm³/mol. The van der Waals surface area contributed by atoms with E-state index in [1.165, 1.54) is 0 Å². The molecule has 0 aliphatic heterocycles. The summed E-state index contributed by atoms with van der Waals surface area (Å²) in [6.45, 7) is 2.30. The number of furan rings is 1. The Balaban J connectivity index is 1.84. The van der Waals surface area contributed by atoms with E-state index in [9.17, 15) is 4.79 Å². The Hall–Kier alpha value is -1.78. The second-order valence-electron chi connectivity index (χ2n) is 4.27. The number of hydrogen-bond donors (Lipinski definition) is 2. The van der Waals surface area contributed by atoms with Gasteiger partial charge in [-0.3, -0.25) is 4.79 Å². The molecule has 2 aromatic rings. The third kappa shape index (κ3) is 3.84. The third-order valence-electron chi connectivity index (χ3n) is 2.80. The Kier molecular flexibility index (Phi) is 4.60. The Morgan fingerprint density at radius 3 is 2.84 bits per heavy atom. The fourth-order valence-corrected chi connectivity index (χ4v) is 1.90. The average Bonchev–Trinajstić information content (AvgIpc) is 2.93. The van der Waals surface area contributed by atoms with Crippen molar-refractivity contribution in [3.8, 4) is 0 Å². The third-order valence-corrected chi connectivity index (χ3v) is 3.13. The molecule has 0 saturated heterocycles. The number of anilines is 1. The van der Waals surface area contributed by atoms with E-state index in [1.54, 1.807) is 18.4 Å². The summed E-state index contributed by atoms with van der Waals surface area (Å²) >= 11 is 5.97. The molecule has 1 heterocycles. The van der Waals surface area contributed by atoms with Crippen LogP contribution in [0.5, 0.6) is 0 Å². The molecule has 0 bridgehead atoms. The van der Waals surface area contributed by atoms with Gasteiger partial charge in [-0.25, -0.2) is 0 Å². The number of hydrogen-bond acceptors (Lipinski definition) is 2. The first-order chi connectivity index (χ1) is 9.16. The van der Waals surface area contributed by atoms with Gasteiger partial charge in [-0.1, -0.05) is 23.7 Å². The molecule has 0 aliphatic carbocycles. The van der Waals surface area contributed by atoms with Gasteiger partial charge in [0.2, 0.25) is 0 Å². The molecule has 0 saturated carbocycles. The first kappa shape index (κ1) is 13.6. The van der Waals surface area contributed by atoms with Crippen LogP contribution in [0.25, 0.3) is 0 Å². The Morgan fingerprint density at radius 1 is 1.37 bits per heavy atom. The highest BCUT2D eigenvalue weighted by atomic mass is 35.5. The summed E-state index contributed by atoms with van der Waals surface area (Å²) in [7, 11) is 0. The molecule has 0 fully saturated rings. The van der Waals surface area contributed by atoms with Crippen LogP contribution >= 0.6 is 11.6 Å². The number of nitrogens with one attached hydrogen (secondary N) is 1. The van der Waals surface area contributed by atoms with E-state index in [0.717, 1.165) is 5.76 Å². The monoisotopic (exact) mass is 279 g/mol. The Morgan fingerprint density at radius 2 is 2.16 bits per heavy atom. The highest BCUT2D eigenvalue weighted by molar-refractivity contribution is 6.33. The molecule has 100 valence electrons. The van der Waals surface area contributed by atoms with Crippen molar-refractivity contribution in [1.82, 2.24) is 0 Å². The SMILES string of the molecule is C[C@H]([NH2+]CC(=O)Nc1ccccc1Cl)c1ccco1. The summed E-state index contributed by atoms with van der Waals surface area (Å²) in [5.41, 5.74) is 0.633. The van der Waals surface area contributed by atoms with Crippen LogP contribution in [0.2, 0.25) is 5.02 Å². The van der Waals surface area contributed by atoms with Crippen molar-refractivity contribution in [1.29, 1.82) is 0 Å². The zero-order valence-electron chi connectivity index (χ0n) is 10.6. The van der Waals surface area contributed by atoms with Crippen LogP contribution in [0.15, 0.2) is 47.1 Å².